The van der Waals surface area contributed by atoms with Gasteiger partial charge in [0, 0.05) is 0 Å². The summed E-state index contributed by atoms with van der Waals surface area (Å²) in [6.45, 7) is 5.95. The Bertz CT molecular complexity index is 684. The number of hydrogen-bond acceptors (Lipinski definition) is 3. The average molecular weight is 300 g/mol. The summed E-state index contributed by atoms with van der Waals surface area (Å²) < 4.78 is 5.47. The molecule has 0 aromatic heterocycles. The van der Waals surface area contributed by atoms with Gasteiger partial charge in [-0.05, 0) is 61.7 Å². The van der Waals surface area contributed by atoms with E-state index in [4.69, 9.17) is 4.74 Å². The molecule has 0 saturated carbocycles. The third kappa shape index (κ3) is 4.15. The zero-order valence-electron chi connectivity index (χ0n) is 12.9. The fraction of sp³-hybridized carbons (Fsp3) is 0.235. The molecule has 0 spiro atoms. The maximum Gasteiger partial charge on any atom is 0.321 e. The lowest BCUT2D eigenvalue weighted by Crippen LogP contribution is -2.32. The summed E-state index contributed by atoms with van der Waals surface area (Å²) in [4.78, 5) is 11.8. The number of nitrogens with one attached hydrogen (secondary N) is 2. The number of carbonyl (C=O) groups is 1. The monoisotopic (exact) mass is 300 g/mol. The van der Waals surface area contributed by atoms with Gasteiger partial charge in [-0.2, -0.15) is 0 Å². The molecule has 0 bridgehead atoms. The van der Waals surface area contributed by atoms with Crippen LogP contribution in [0.1, 0.15) is 16.7 Å². The van der Waals surface area contributed by atoms with Crippen molar-refractivity contribution < 1.29 is 14.6 Å². The first-order valence-electron chi connectivity index (χ1n) is 7.00. The lowest BCUT2D eigenvalue weighted by atomic mass is 10.1. The van der Waals surface area contributed by atoms with Crippen LogP contribution in [0.4, 0.5) is 10.5 Å². The molecule has 0 atom stereocenters. The first kappa shape index (κ1) is 15.7. The Hall–Kier alpha value is -2.69. The number of carbonyl (C=O) groups excluding carboxylic acids is 1. The van der Waals surface area contributed by atoms with E-state index in [-0.39, 0.29) is 12.5 Å². The highest BCUT2D eigenvalue weighted by Gasteiger charge is 2.06. The Balaban J connectivity index is 1.85. The van der Waals surface area contributed by atoms with E-state index in [0.717, 1.165) is 11.1 Å². The van der Waals surface area contributed by atoms with Crippen LogP contribution in [0.25, 0.3) is 0 Å². The number of rotatable bonds is 4. The van der Waals surface area contributed by atoms with Gasteiger partial charge in [0.15, 0.2) is 6.73 Å². The fourth-order valence-electron chi connectivity index (χ4n) is 1.91. The molecule has 0 fully saturated rings. The normalized spacial score (nSPS) is 10.1. The molecule has 0 radical (unpaired) electrons. The summed E-state index contributed by atoms with van der Waals surface area (Å²) in [5, 5.41) is 14.8. The van der Waals surface area contributed by atoms with Gasteiger partial charge in [-0.1, -0.05) is 12.1 Å². The maximum atomic E-state index is 11.8. The molecule has 22 heavy (non-hydrogen) atoms. The van der Waals surface area contributed by atoms with Crippen molar-refractivity contribution in [3.63, 3.8) is 0 Å². The molecule has 3 N–H and O–H groups in total. The largest absolute Gasteiger partial charge is 0.506 e. The van der Waals surface area contributed by atoms with Gasteiger partial charge in [0.25, 0.3) is 0 Å². The van der Waals surface area contributed by atoms with Crippen LogP contribution in [-0.2, 0) is 0 Å². The molecular weight excluding hydrogens is 280 g/mol. The summed E-state index contributed by atoms with van der Waals surface area (Å²) in [5.41, 5.74) is 3.63. The number of benzene rings is 2. The van der Waals surface area contributed by atoms with Crippen molar-refractivity contribution in [2.24, 2.45) is 0 Å². The van der Waals surface area contributed by atoms with Crippen LogP contribution < -0.4 is 15.4 Å². The first-order valence-corrected chi connectivity index (χ1v) is 7.00. The number of aromatic hydroxyl groups is 1. The molecular formula is C17H20N2O3. The van der Waals surface area contributed by atoms with Crippen molar-refractivity contribution >= 4 is 11.7 Å². The standard InChI is InChI=1S/C17H20N2O3/c1-11-4-7-16(20)15(8-11)19-17(21)18-10-22-14-6-5-12(2)13(3)9-14/h4-9,20H,10H2,1-3H3,(H2,18,19,21). The second kappa shape index (κ2) is 6.85. The Labute approximate surface area is 129 Å². The number of aryl methyl sites for hydroxylation is 3. The van der Waals surface area contributed by atoms with Gasteiger partial charge < -0.3 is 20.5 Å². The molecule has 0 heterocycles. The smallest absolute Gasteiger partial charge is 0.321 e. The number of urea groups is 1. The van der Waals surface area contributed by atoms with Crippen LogP contribution in [-0.4, -0.2) is 17.9 Å². The number of hydrogen-bond donors (Lipinski definition) is 3. The minimum atomic E-state index is -0.440. The van der Waals surface area contributed by atoms with E-state index in [9.17, 15) is 9.90 Å². The highest BCUT2D eigenvalue weighted by molar-refractivity contribution is 5.90. The molecule has 0 saturated heterocycles. The zero-order chi connectivity index (χ0) is 16.1. The van der Waals surface area contributed by atoms with Gasteiger partial charge in [0.05, 0.1) is 5.69 Å². The highest BCUT2D eigenvalue weighted by Crippen LogP contribution is 2.23. The Morgan fingerprint density at radius 2 is 1.86 bits per heavy atom. The van der Waals surface area contributed by atoms with Crippen LogP contribution >= 0.6 is 0 Å². The van der Waals surface area contributed by atoms with Crippen LogP contribution in [0.5, 0.6) is 11.5 Å². The molecule has 0 unspecified atom stereocenters. The number of phenols is 1. The second-order valence-electron chi connectivity index (χ2n) is 5.19. The molecule has 0 aliphatic heterocycles. The molecule has 2 amide bonds. The third-order valence-corrected chi connectivity index (χ3v) is 3.35. The summed E-state index contributed by atoms with van der Waals surface area (Å²) >= 11 is 0. The molecule has 5 nitrogen and oxygen atoms in total. The SMILES string of the molecule is Cc1ccc(O)c(NC(=O)NCOc2ccc(C)c(C)c2)c1. The topological polar surface area (TPSA) is 70.6 Å². The highest BCUT2D eigenvalue weighted by atomic mass is 16.5. The van der Waals surface area contributed by atoms with E-state index < -0.39 is 6.03 Å². The molecule has 0 aliphatic rings. The first-order chi connectivity index (χ1) is 10.5. The van der Waals surface area contributed by atoms with Crippen LogP contribution in [0.15, 0.2) is 36.4 Å². The molecule has 116 valence electrons. The minimum absolute atomic E-state index is 0.0239. The van der Waals surface area contributed by atoms with Crippen molar-refractivity contribution in [3.05, 3.63) is 53.1 Å². The molecule has 2 aromatic carbocycles. The zero-order valence-corrected chi connectivity index (χ0v) is 12.9. The number of phenolic OH excluding ortho intramolecular Hbond substituents is 1. The van der Waals surface area contributed by atoms with Crippen molar-refractivity contribution in [3.8, 4) is 11.5 Å². The van der Waals surface area contributed by atoms with E-state index >= 15 is 0 Å². The summed E-state index contributed by atoms with van der Waals surface area (Å²) in [6.07, 6.45) is 0. The van der Waals surface area contributed by atoms with Crippen LogP contribution in [0.2, 0.25) is 0 Å². The number of ether oxygens (including phenoxy) is 1. The van der Waals surface area contributed by atoms with Gasteiger partial charge in [-0.3, -0.25) is 0 Å². The summed E-state index contributed by atoms with van der Waals surface area (Å²) in [6, 6.07) is 10.3. The number of anilines is 1. The molecule has 2 rings (SSSR count). The van der Waals surface area contributed by atoms with E-state index in [1.165, 1.54) is 11.6 Å². The Morgan fingerprint density at radius 3 is 2.59 bits per heavy atom. The van der Waals surface area contributed by atoms with E-state index in [1.54, 1.807) is 12.1 Å². The fourth-order valence-corrected chi connectivity index (χ4v) is 1.91. The summed E-state index contributed by atoms with van der Waals surface area (Å²) in [5.74, 6) is 0.720. The molecule has 2 aromatic rings. The van der Waals surface area contributed by atoms with Crippen molar-refractivity contribution in [2.75, 3.05) is 12.0 Å². The second-order valence-corrected chi connectivity index (χ2v) is 5.19. The van der Waals surface area contributed by atoms with E-state index in [1.807, 2.05) is 39.0 Å². The maximum absolute atomic E-state index is 11.8. The molecule has 0 aliphatic carbocycles. The van der Waals surface area contributed by atoms with Crippen LogP contribution in [0.3, 0.4) is 0 Å². The average Bonchev–Trinajstić information content (AvgIpc) is 2.47. The van der Waals surface area contributed by atoms with E-state index in [0.29, 0.717) is 11.4 Å². The van der Waals surface area contributed by atoms with Gasteiger partial charge in [-0.25, -0.2) is 4.79 Å². The quantitative estimate of drug-likeness (QED) is 0.598. The summed E-state index contributed by atoms with van der Waals surface area (Å²) in [7, 11) is 0. The van der Waals surface area contributed by atoms with Crippen molar-refractivity contribution in [2.45, 2.75) is 20.8 Å². The van der Waals surface area contributed by atoms with Gasteiger partial charge in [-0.15, -0.1) is 0 Å². The van der Waals surface area contributed by atoms with Gasteiger partial charge >= 0.3 is 6.03 Å². The Morgan fingerprint density at radius 1 is 1.09 bits per heavy atom. The number of amides is 2. The lowest BCUT2D eigenvalue weighted by molar-refractivity contribution is 0.234. The van der Waals surface area contributed by atoms with Gasteiger partial charge in [0.1, 0.15) is 11.5 Å². The Kier molecular flexibility index (Phi) is 4.88. The molecule has 5 heteroatoms. The predicted molar refractivity (Wildman–Crippen MR) is 86.4 cm³/mol. The van der Waals surface area contributed by atoms with Crippen molar-refractivity contribution in [1.29, 1.82) is 0 Å². The predicted octanol–water partition coefficient (Wildman–Crippen LogP) is 3.48. The minimum Gasteiger partial charge on any atom is -0.506 e. The third-order valence-electron chi connectivity index (χ3n) is 3.35. The lowest BCUT2D eigenvalue weighted by Gasteiger charge is -2.11. The van der Waals surface area contributed by atoms with Crippen LogP contribution in [0, 0.1) is 20.8 Å². The van der Waals surface area contributed by atoms with Crippen molar-refractivity contribution in [1.82, 2.24) is 5.32 Å². The van der Waals surface area contributed by atoms with E-state index in [2.05, 4.69) is 10.6 Å². The van der Waals surface area contributed by atoms with Gasteiger partial charge in [0.2, 0.25) is 0 Å².